The molecule has 7 nitrogen and oxygen atoms in total. The predicted molar refractivity (Wildman–Crippen MR) is 196 cm³/mol. The maximum atomic E-state index is 6.29. The van der Waals surface area contributed by atoms with Crippen LogP contribution >= 0.6 is 0 Å². The minimum absolute atomic E-state index is 0.102. The lowest BCUT2D eigenvalue weighted by atomic mass is 9.76. The summed E-state index contributed by atoms with van der Waals surface area (Å²) < 4.78 is 14.7. The highest BCUT2D eigenvalue weighted by atomic mass is 16.7. The number of benzene rings is 3. The molecule has 2 heterocycles. The fourth-order valence-electron chi connectivity index (χ4n) is 7.48. The second-order valence-electron chi connectivity index (χ2n) is 16.4. The molecule has 0 radical (unpaired) electrons. The average Bonchev–Trinajstić information content (AvgIpc) is 3.61. The van der Waals surface area contributed by atoms with E-state index in [1.807, 2.05) is 0 Å². The summed E-state index contributed by atoms with van der Waals surface area (Å²) in [6, 6.07) is 32.2. The van der Waals surface area contributed by atoms with E-state index >= 15 is 0 Å². The van der Waals surface area contributed by atoms with Crippen molar-refractivity contribution in [1.29, 1.82) is 0 Å². The molecular weight excluding hydrogens is 593 g/mol. The molecule has 1 unspecified atom stereocenters. The molecule has 1 aromatic heterocycles. The van der Waals surface area contributed by atoms with Gasteiger partial charge in [-0.1, -0.05) is 131 Å². The van der Waals surface area contributed by atoms with Gasteiger partial charge in [0.1, 0.15) is 0 Å². The lowest BCUT2D eigenvalue weighted by Gasteiger charge is -2.41. The van der Waals surface area contributed by atoms with Crippen LogP contribution in [0.1, 0.15) is 123 Å². The van der Waals surface area contributed by atoms with Crippen LogP contribution in [-0.2, 0) is 20.4 Å². The quantitative estimate of drug-likeness (QED) is 0.0835. The van der Waals surface area contributed by atoms with Crippen LogP contribution in [0.3, 0.4) is 0 Å². The number of tetrazole rings is 1. The molecule has 3 aromatic carbocycles. The molecule has 8 heteroatoms. The second kappa shape index (κ2) is 14.3. The Morgan fingerprint density at radius 2 is 1.19 bits per heavy atom. The van der Waals surface area contributed by atoms with Crippen molar-refractivity contribution in [3.05, 3.63) is 114 Å². The third-order valence-electron chi connectivity index (χ3n) is 10.1. The van der Waals surface area contributed by atoms with E-state index in [4.69, 9.17) is 14.4 Å². The summed E-state index contributed by atoms with van der Waals surface area (Å²) in [6.45, 7) is 19.8. The summed E-state index contributed by atoms with van der Waals surface area (Å²) in [5, 5.41) is 18.0. The number of aromatic nitrogens is 4. The maximum absolute atomic E-state index is 6.29. The molecule has 1 aliphatic heterocycles. The average molecular weight is 650 g/mol. The van der Waals surface area contributed by atoms with Crippen molar-refractivity contribution in [1.82, 2.24) is 25.5 Å². The molecule has 256 valence electrons. The molecular formula is C40H56BN5O2. The zero-order valence-electron chi connectivity index (χ0n) is 30.7. The van der Waals surface area contributed by atoms with E-state index < -0.39 is 5.54 Å². The standard InChI is InChI=1S/C40H56BN5O2/c1-36(2,3)30-37(4,5)46-35(43-44-45-46)34(28-20-13-21-29-41-47-38(6,7)39(8,9)48-41)42-40(31-22-14-10-15-23-31,32-24-16-11-17-25-32)33-26-18-12-19-27-33/h10-12,14-19,22-27,34,42H,13,20-21,28-30H2,1-9H3. The number of nitrogens with one attached hydrogen (secondary N) is 1. The third-order valence-corrected chi connectivity index (χ3v) is 10.1. The number of unbranched alkanes of at least 4 members (excludes halogenated alkanes) is 2. The van der Waals surface area contributed by atoms with E-state index in [1.54, 1.807) is 0 Å². The Bertz CT molecular complexity index is 1470. The van der Waals surface area contributed by atoms with Crippen molar-refractivity contribution >= 4 is 7.12 Å². The first-order valence-corrected chi connectivity index (χ1v) is 17.7. The van der Waals surface area contributed by atoms with Gasteiger partial charge in [0.25, 0.3) is 0 Å². The highest BCUT2D eigenvalue weighted by Crippen LogP contribution is 2.42. The van der Waals surface area contributed by atoms with E-state index in [9.17, 15) is 0 Å². The van der Waals surface area contributed by atoms with Gasteiger partial charge in [-0.2, -0.15) is 0 Å². The van der Waals surface area contributed by atoms with Gasteiger partial charge in [0.2, 0.25) is 0 Å². The van der Waals surface area contributed by atoms with Gasteiger partial charge in [-0.05, 0) is 93.2 Å². The van der Waals surface area contributed by atoms with Crippen LogP contribution in [0.5, 0.6) is 0 Å². The number of hydrogen-bond donors (Lipinski definition) is 1. The molecule has 0 aliphatic carbocycles. The maximum Gasteiger partial charge on any atom is 0.457 e. The fourth-order valence-corrected chi connectivity index (χ4v) is 7.48. The molecule has 4 aromatic rings. The number of hydrogen-bond acceptors (Lipinski definition) is 6. The summed E-state index contributed by atoms with van der Waals surface area (Å²) in [5.74, 6) is 0.863. The molecule has 1 N–H and O–H groups in total. The first-order valence-electron chi connectivity index (χ1n) is 17.7. The van der Waals surface area contributed by atoms with Gasteiger partial charge in [-0.25, -0.2) is 4.68 Å². The van der Waals surface area contributed by atoms with E-state index in [1.165, 1.54) is 16.7 Å². The van der Waals surface area contributed by atoms with Gasteiger partial charge < -0.3 is 9.31 Å². The van der Waals surface area contributed by atoms with Crippen LogP contribution in [0.4, 0.5) is 0 Å². The third kappa shape index (κ3) is 7.93. The zero-order chi connectivity index (χ0) is 34.6. The first kappa shape index (κ1) is 36.0. The van der Waals surface area contributed by atoms with Crippen molar-refractivity contribution in [3.8, 4) is 0 Å². The van der Waals surface area contributed by atoms with Crippen molar-refractivity contribution in [2.45, 2.75) is 129 Å². The summed E-state index contributed by atoms with van der Waals surface area (Å²) in [6.07, 6.45) is 5.74. The summed E-state index contributed by atoms with van der Waals surface area (Å²) in [5.41, 5.74) is 2.05. The largest absolute Gasteiger partial charge is 0.457 e. The Morgan fingerprint density at radius 3 is 1.65 bits per heavy atom. The minimum Gasteiger partial charge on any atom is -0.403 e. The first-order chi connectivity index (χ1) is 22.6. The van der Waals surface area contributed by atoms with E-state index in [2.05, 4.69) is 174 Å². The van der Waals surface area contributed by atoms with Crippen LogP contribution < -0.4 is 5.32 Å². The van der Waals surface area contributed by atoms with Crippen molar-refractivity contribution < 1.29 is 9.31 Å². The van der Waals surface area contributed by atoms with E-state index in [0.717, 1.165) is 44.2 Å². The summed E-state index contributed by atoms with van der Waals surface area (Å²) in [4.78, 5) is 0. The molecule has 0 bridgehead atoms. The summed E-state index contributed by atoms with van der Waals surface area (Å²) in [7, 11) is -0.170. The van der Waals surface area contributed by atoms with Crippen LogP contribution in [0.15, 0.2) is 91.0 Å². The Kier molecular flexibility index (Phi) is 10.7. The Labute approximate surface area is 289 Å². The molecule has 0 amide bonds. The minimum atomic E-state index is -0.651. The lowest BCUT2D eigenvalue weighted by Crippen LogP contribution is -2.48. The van der Waals surface area contributed by atoms with Crippen LogP contribution in [-0.4, -0.2) is 38.5 Å². The molecule has 5 rings (SSSR count). The predicted octanol–water partition coefficient (Wildman–Crippen LogP) is 9.12. The second-order valence-corrected chi connectivity index (χ2v) is 16.4. The normalized spacial score (nSPS) is 17.1. The van der Waals surface area contributed by atoms with Crippen LogP contribution in [0.2, 0.25) is 6.32 Å². The Morgan fingerprint density at radius 1 is 0.708 bits per heavy atom. The van der Waals surface area contributed by atoms with Gasteiger partial charge in [0.15, 0.2) is 5.82 Å². The lowest BCUT2D eigenvalue weighted by molar-refractivity contribution is 0.00578. The highest BCUT2D eigenvalue weighted by molar-refractivity contribution is 6.45. The van der Waals surface area contributed by atoms with Crippen molar-refractivity contribution in [2.24, 2.45) is 5.41 Å². The molecule has 1 atom stereocenters. The molecule has 1 aliphatic rings. The molecule has 0 saturated carbocycles. The van der Waals surface area contributed by atoms with Gasteiger partial charge >= 0.3 is 7.12 Å². The molecule has 1 saturated heterocycles. The SMILES string of the molecule is CC(C)(C)CC(C)(C)n1nnnc1C(CCCCCB1OC(C)(C)C(C)(C)O1)NC(c1ccccc1)(c1ccccc1)c1ccccc1. The van der Waals surface area contributed by atoms with Crippen LogP contribution in [0, 0.1) is 5.41 Å². The zero-order valence-corrected chi connectivity index (χ0v) is 30.7. The highest BCUT2D eigenvalue weighted by Gasteiger charge is 2.50. The van der Waals surface area contributed by atoms with E-state index in [0.29, 0.717) is 0 Å². The summed E-state index contributed by atoms with van der Waals surface area (Å²) >= 11 is 0. The van der Waals surface area contributed by atoms with Crippen molar-refractivity contribution in [2.75, 3.05) is 0 Å². The smallest absolute Gasteiger partial charge is 0.403 e. The molecule has 48 heavy (non-hydrogen) atoms. The van der Waals surface area contributed by atoms with Crippen molar-refractivity contribution in [3.63, 3.8) is 0 Å². The fraction of sp³-hybridized carbons (Fsp3) is 0.525. The topological polar surface area (TPSA) is 74.1 Å². The van der Waals surface area contributed by atoms with Gasteiger partial charge in [0.05, 0.1) is 28.3 Å². The monoisotopic (exact) mass is 649 g/mol. The number of nitrogens with zero attached hydrogens (tertiary/aromatic N) is 4. The molecule has 1 fully saturated rings. The van der Waals surface area contributed by atoms with Gasteiger partial charge in [-0.15, -0.1) is 5.10 Å². The Balaban J connectivity index is 1.51. The Hall–Kier alpha value is -3.33. The van der Waals surface area contributed by atoms with Crippen LogP contribution in [0.25, 0.3) is 0 Å². The van der Waals surface area contributed by atoms with E-state index in [-0.39, 0.29) is 35.3 Å². The van der Waals surface area contributed by atoms with Gasteiger partial charge in [-0.3, -0.25) is 5.32 Å². The molecule has 0 spiro atoms. The van der Waals surface area contributed by atoms with Gasteiger partial charge in [0, 0.05) is 0 Å². The number of rotatable bonds is 14.